The molecule has 0 saturated carbocycles. The van der Waals surface area contributed by atoms with Crippen LogP contribution in [0, 0.1) is 0 Å². The summed E-state index contributed by atoms with van der Waals surface area (Å²) in [5.74, 6) is 1.65. The van der Waals surface area contributed by atoms with Crippen molar-refractivity contribution < 1.29 is 9.63 Å². The van der Waals surface area contributed by atoms with Crippen LogP contribution in [0.25, 0.3) is 0 Å². The van der Waals surface area contributed by atoms with E-state index in [1.54, 1.807) is 6.92 Å². The van der Waals surface area contributed by atoms with Gasteiger partial charge in [-0.05, 0) is 19.9 Å². The maximum absolute atomic E-state index is 9.15. The van der Waals surface area contributed by atoms with Crippen molar-refractivity contribution in [1.29, 1.82) is 0 Å². The minimum atomic E-state index is -0.415. The predicted molar refractivity (Wildman–Crippen MR) is 49.9 cm³/mol. The number of aliphatic hydroxyl groups excluding tert-OH is 1. The van der Waals surface area contributed by atoms with Crippen molar-refractivity contribution in [2.75, 3.05) is 13.1 Å². The second kappa shape index (κ2) is 4.06. The summed E-state index contributed by atoms with van der Waals surface area (Å²) in [4.78, 5) is 4.25. The fourth-order valence-electron chi connectivity index (χ4n) is 1.65. The fraction of sp³-hybridized carbons (Fsp3) is 0.778. The Labute approximate surface area is 82.5 Å². The number of rotatable bonds is 3. The van der Waals surface area contributed by atoms with E-state index in [9.17, 15) is 0 Å². The van der Waals surface area contributed by atoms with Gasteiger partial charge in [0.05, 0.1) is 12.0 Å². The number of nitrogens with zero attached hydrogens (tertiary/aromatic N) is 2. The van der Waals surface area contributed by atoms with E-state index in [0.717, 1.165) is 19.5 Å². The number of hydrogen-bond donors (Lipinski definition) is 2. The largest absolute Gasteiger partial charge is 0.393 e. The lowest BCUT2D eigenvalue weighted by molar-refractivity contribution is 0.191. The molecule has 2 N–H and O–H groups in total. The van der Waals surface area contributed by atoms with E-state index in [2.05, 4.69) is 15.5 Å². The molecule has 2 heterocycles. The average molecular weight is 197 g/mol. The maximum Gasteiger partial charge on any atom is 0.231 e. The minimum Gasteiger partial charge on any atom is -0.393 e. The van der Waals surface area contributed by atoms with Crippen molar-refractivity contribution in [3.63, 3.8) is 0 Å². The molecule has 14 heavy (non-hydrogen) atoms. The van der Waals surface area contributed by atoms with Gasteiger partial charge in [-0.25, -0.2) is 0 Å². The van der Waals surface area contributed by atoms with Gasteiger partial charge in [0.2, 0.25) is 5.89 Å². The van der Waals surface area contributed by atoms with Crippen LogP contribution in [0.4, 0.5) is 0 Å². The first-order valence-corrected chi connectivity index (χ1v) is 4.97. The molecule has 1 saturated heterocycles. The van der Waals surface area contributed by atoms with Crippen LogP contribution in [0.5, 0.6) is 0 Å². The Hall–Kier alpha value is -0.940. The summed E-state index contributed by atoms with van der Waals surface area (Å²) in [6, 6.07) is 0. The highest BCUT2D eigenvalue weighted by Crippen LogP contribution is 2.20. The summed E-state index contributed by atoms with van der Waals surface area (Å²) < 4.78 is 5.14. The molecule has 1 aliphatic rings. The Morgan fingerprint density at radius 3 is 3.21 bits per heavy atom. The molecule has 0 aromatic carbocycles. The topological polar surface area (TPSA) is 71.2 Å². The summed E-state index contributed by atoms with van der Waals surface area (Å²) in [5.41, 5.74) is 0. The van der Waals surface area contributed by atoms with Crippen molar-refractivity contribution in [2.24, 2.45) is 0 Å². The predicted octanol–water partition coefficient (Wildman–Crippen LogP) is 0.0698. The molecule has 5 heteroatoms. The van der Waals surface area contributed by atoms with Crippen LogP contribution in [-0.2, 0) is 6.42 Å². The first kappa shape index (κ1) is 9.61. The quantitative estimate of drug-likeness (QED) is 0.717. The molecule has 1 fully saturated rings. The molecule has 1 aliphatic heterocycles. The van der Waals surface area contributed by atoms with Crippen LogP contribution in [-0.4, -0.2) is 34.4 Å². The average Bonchev–Trinajstić information content (AvgIpc) is 2.69. The Morgan fingerprint density at radius 1 is 1.71 bits per heavy atom. The van der Waals surface area contributed by atoms with Crippen LogP contribution >= 0.6 is 0 Å². The summed E-state index contributed by atoms with van der Waals surface area (Å²) >= 11 is 0. The van der Waals surface area contributed by atoms with Crippen LogP contribution in [0.1, 0.15) is 31.0 Å². The molecular formula is C9H15N3O2. The Balaban J connectivity index is 2.01. The Kier molecular flexibility index (Phi) is 2.79. The summed E-state index contributed by atoms with van der Waals surface area (Å²) in [6.07, 6.45) is 1.10. The lowest BCUT2D eigenvalue weighted by Crippen LogP contribution is -2.08. The Morgan fingerprint density at radius 2 is 2.57 bits per heavy atom. The van der Waals surface area contributed by atoms with E-state index in [1.807, 2.05) is 0 Å². The SMILES string of the molecule is CC(O)Cc1noc(C2CCNC2)n1. The number of aromatic nitrogens is 2. The third-order valence-electron chi connectivity index (χ3n) is 2.37. The minimum absolute atomic E-state index is 0.352. The zero-order valence-corrected chi connectivity index (χ0v) is 8.23. The van der Waals surface area contributed by atoms with Crippen molar-refractivity contribution in [2.45, 2.75) is 31.8 Å². The van der Waals surface area contributed by atoms with Crippen LogP contribution < -0.4 is 5.32 Å². The molecule has 0 radical (unpaired) electrons. The van der Waals surface area contributed by atoms with Gasteiger partial charge >= 0.3 is 0 Å². The van der Waals surface area contributed by atoms with Crippen molar-refractivity contribution in [3.8, 4) is 0 Å². The molecule has 0 spiro atoms. The molecule has 78 valence electrons. The van der Waals surface area contributed by atoms with E-state index >= 15 is 0 Å². The zero-order valence-electron chi connectivity index (χ0n) is 8.23. The first-order chi connectivity index (χ1) is 6.75. The van der Waals surface area contributed by atoms with Crippen molar-refractivity contribution >= 4 is 0 Å². The lowest BCUT2D eigenvalue weighted by atomic mass is 10.1. The zero-order chi connectivity index (χ0) is 9.97. The van der Waals surface area contributed by atoms with Gasteiger partial charge in [0.15, 0.2) is 5.82 Å². The van der Waals surface area contributed by atoms with Crippen LogP contribution in [0.3, 0.4) is 0 Å². The second-order valence-electron chi connectivity index (χ2n) is 3.79. The van der Waals surface area contributed by atoms with E-state index in [1.165, 1.54) is 0 Å². The van der Waals surface area contributed by atoms with Gasteiger partial charge in [0.25, 0.3) is 0 Å². The highest BCUT2D eigenvalue weighted by Gasteiger charge is 2.22. The molecule has 0 bridgehead atoms. The van der Waals surface area contributed by atoms with Crippen molar-refractivity contribution in [3.05, 3.63) is 11.7 Å². The maximum atomic E-state index is 9.15. The normalized spacial score (nSPS) is 24.0. The highest BCUT2D eigenvalue weighted by molar-refractivity contribution is 4.98. The molecule has 0 amide bonds. The van der Waals surface area contributed by atoms with Gasteiger partial charge in [-0.15, -0.1) is 0 Å². The van der Waals surface area contributed by atoms with Gasteiger partial charge in [0.1, 0.15) is 0 Å². The second-order valence-corrected chi connectivity index (χ2v) is 3.79. The van der Waals surface area contributed by atoms with Gasteiger partial charge in [-0.2, -0.15) is 4.98 Å². The number of aliphatic hydroxyl groups is 1. The highest BCUT2D eigenvalue weighted by atomic mass is 16.5. The molecule has 2 atom stereocenters. The number of nitrogens with one attached hydrogen (secondary N) is 1. The standard InChI is InChI=1S/C9H15N3O2/c1-6(13)4-8-11-9(14-12-8)7-2-3-10-5-7/h6-7,10,13H,2-5H2,1H3. The van der Waals surface area contributed by atoms with Crippen LogP contribution in [0.15, 0.2) is 4.52 Å². The van der Waals surface area contributed by atoms with E-state index in [0.29, 0.717) is 24.1 Å². The molecule has 0 aliphatic carbocycles. The third-order valence-corrected chi connectivity index (χ3v) is 2.37. The molecule has 2 rings (SSSR count). The first-order valence-electron chi connectivity index (χ1n) is 4.97. The lowest BCUT2D eigenvalue weighted by Gasteiger charge is -1.99. The third kappa shape index (κ3) is 2.10. The van der Waals surface area contributed by atoms with Gasteiger partial charge in [-0.3, -0.25) is 0 Å². The summed E-state index contributed by atoms with van der Waals surface area (Å²) in [7, 11) is 0. The van der Waals surface area contributed by atoms with Gasteiger partial charge < -0.3 is 14.9 Å². The molecule has 1 aromatic rings. The van der Waals surface area contributed by atoms with Gasteiger partial charge in [-0.1, -0.05) is 5.16 Å². The van der Waals surface area contributed by atoms with Crippen LogP contribution in [0.2, 0.25) is 0 Å². The fourth-order valence-corrected chi connectivity index (χ4v) is 1.65. The van der Waals surface area contributed by atoms with Gasteiger partial charge in [0, 0.05) is 13.0 Å². The van der Waals surface area contributed by atoms with Crippen molar-refractivity contribution in [1.82, 2.24) is 15.5 Å². The summed E-state index contributed by atoms with van der Waals surface area (Å²) in [5, 5.41) is 16.2. The molecule has 1 aromatic heterocycles. The molecule has 5 nitrogen and oxygen atoms in total. The smallest absolute Gasteiger partial charge is 0.231 e. The van der Waals surface area contributed by atoms with E-state index in [-0.39, 0.29) is 0 Å². The number of hydrogen-bond acceptors (Lipinski definition) is 5. The molecular weight excluding hydrogens is 182 g/mol. The molecule has 2 unspecified atom stereocenters. The van der Waals surface area contributed by atoms with E-state index < -0.39 is 6.10 Å². The van der Waals surface area contributed by atoms with E-state index in [4.69, 9.17) is 9.63 Å². The monoisotopic (exact) mass is 197 g/mol. The summed E-state index contributed by atoms with van der Waals surface area (Å²) in [6.45, 7) is 3.64. The Bertz CT molecular complexity index is 292.